The molecule has 0 spiro atoms. The molecule has 0 aromatic heterocycles. The van der Waals surface area contributed by atoms with Gasteiger partial charge in [0.15, 0.2) is 4.90 Å². The van der Waals surface area contributed by atoms with Crippen molar-refractivity contribution in [1.82, 2.24) is 4.72 Å². The van der Waals surface area contributed by atoms with Gasteiger partial charge in [-0.1, -0.05) is 6.07 Å². The molecule has 1 heterocycles. The fourth-order valence-electron chi connectivity index (χ4n) is 3.08. The Labute approximate surface area is 169 Å². The molecule has 1 unspecified atom stereocenters. The van der Waals surface area contributed by atoms with Crippen LogP contribution in [0.15, 0.2) is 17.0 Å². The zero-order valence-electron chi connectivity index (χ0n) is 17.7. The zero-order chi connectivity index (χ0) is 21.7. The van der Waals surface area contributed by atoms with Crippen molar-refractivity contribution in [2.75, 3.05) is 0 Å². The van der Waals surface area contributed by atoms with Crippen LogP contribution in [0.2, 0.25) is 0 Å². The molecule has 9 heteroatoms. The highest BCUT2D eigenvalue weighted by Gasteiger charge is 2.51. The van der Waals surface area contributed by atoms with E-state index in [0.717, 1.165) is 0 Å². The highest BCUT2D eigenvalue weighted by atomic mass is 32.2. The molecule has 2 rings (SSSR count). The van der Waals surface area contributed by atoms with E-state index >= 15 is 0 Å². The van der Waals surface area contributed by atoms with Crippen LogP contribution < -0.4 is 4.72 Å². The van der Waals surface area contributed by atoms with Gasteiger partial charge in [0, 0.05) is 11.9 Å². The van der Waals surface area contributed by atoms with E-state index in [9.17, 15) is 17.7 Å². The number of benzene rings is 1. The first-order valence-corrected chi connectivity index (χ1v) is 10.3. The van der Waals surface area contributed by atoms with Gasteiger partial charge in [-0.2, -0.15) is 13.2 Å². The fourth-order valence-corrected chi connectivity index (χ4v) is 4.31. The number of halogens is 3. The second-order valence-corrected chi connectivity index (χ2v) is 10.4. The van der Waals surface area contributed by atoms with Crippen molar-refractivity contribution in [2.24, 2.45) is 0 Å². The quantitative estimate of drug-likeness (QED) is 0.573. The third kappa shape index (κ3) is 5.05. The Morgan fingerprint density at radius 1 is 1.07 bits per heavy atom. The minimum absolute atomic E-state index is 0.0395. The first-order chi connectivity index (χ1) is 12.4. The summed E-state index contributed by atoms with van der Waals surface area (Å²) in [4.78, 5) is 0.125. The SMILES string of the molecule is Cc1c([S+]([O-])NC(C)(C)C)ccc(CB2OC(C)(C)C(C)(C)O2)c1C(F)(F)F. The van der Waals surface area contributed by atoms with Crippen LogP contribution in [0.4, 0.5) is 13.2 Å². The van der Waals surface area contributed by atoms with Gasteiger partial charge in [-0.05, 0) is 67.0 Å². The Morgan fingerprint density at radius 2 is 1.57 bits per heavy atom. The number of rotatable bonds is 4. The lowest BCUT2D eigenvalue weighted by Gasteiger charge is -2.32. The van der Waals surface area contributed by atoms with Gasteiger partial charge in [0.1, 0.15) is 0 Å². The van der Waals surface area contributed by atoms with Crippen LogP contribution in [0.1, 0.15) is 65.2 Å². The fraction of sp³-hybridized carbons (Fsp3) is 0.684. The molecule has 1 saturated heterocycles. The predicted molar refractivity (Wildman–Crippen MR) is 105 cm³/mol. The molecule has 4 nitrogen and oxygen atoms in total. The van der Waals surface area contributed by atoms with Crippen LogP contribution in [0, 0.1) is 6.92 Å². The van der Waals surface area contributed by atoms with E-state index < -0.39 is 47.0 Å². The Morgan fingerprint density at radius 3 is 2.00 bits per heavy atom. The molecule has 0 aliphatic carbocycles. The minimum Gasteiger partial charge on any atom is -0.593 e. The average molecular weight is 419 g/mol. The van der Waals surface area contributed by atoms with Gasteiger partial charge in [-0.3, -0.25) is 0 Å². The molecule has 1 atom stereocenters. The molecule has 1 aromatic rings. The minimum atomic E-state index is -4.58. The second-order valence-electron chi connectivity index (χ2n) is 9.23. The molecule has 1 aliphatic rings. The van der Waals surface area contributed by atoms with Gasteiger partial charge < -0.3 is 13.9 Å². The number of nitrogens with one attached hydrogen (secondary N) is 1. The summed E-state index contributed by atoms with van der Waals surface area (Å²) in [5.41, 5.74) is -2.50. The van der Waals surface area contributed by atoms with Crippen LogP contribution in [-0.2, 0) is 33.2 Å². The Kier molecular flexibility index (Phi) is 6.31. The lowest BCUT2D eigenvalue weighted by atomic mass is 9.78. The lowest BCUT2D eigenvalue weighted by Crippen LogP contribution is -2.41. The Hall–Kier alpha value is -0.735. The molecule has 1 aliphatic heterocycles. The number of alkyl halides is 3. The van der Waals surface area contributed by atoms with Gasteiger partial charge in [0.25, 0.3) is 0 Å². The van der Waals surface area contributed by atoms with Crippen LogP contribution in [0.3, 0.4) is 0 Å². The van der Waals surface area contributed by atoms with Crippen molar-refractivity contribution in [3.05, 3.63) is 28.8 Å². The molecule has 0 radical (unpaired) electrons. The van der Waals surface area contributed by atoms with Crippen molar-refractivity contribution in [2.45, 2.75) is 89.5 Å². The van der Waals surface area contributed by atoms with Crippen molar-refractivity contribution >= 4 is 18.5 Å². The standard InChI is InChI=1S/C19H29BF3NO3S/c1-12-14(28(25)24-16(2,3)4)10-9-13(15(12)19(21,22)23)11-20-26-17(5,6)18(7,8)27-20/h9-10,24H,11H2,1-8H3. The molecule has 1 fully saturated rings. The largest absolute Gasteiger partial charge is 0.593 e. The summed E-state index contributed by atoms with van der Waals surface area (Å²) in [6.07, 6.45) is -4.62. The number of hydrogen-bond donors (Lipinski definition) is 1. The van der Waals surface area contributed by atoms with Crippen LogP contribution in [-0.4, -0.2) is 28.4 Å². The maximum atomic E-state index is 13.9. The van der Waals surface area contributed by atoms with Gasteiger partial charge in [0.05, 0.1) is 33.7 Å². The van der Waals surface area contributed by atoms with Crippen LogP contribution in [0.5, 0.6) is 0 Å². The molecule has 1 aromatic carbocycles. The first kappa shape index (κ1) is 23.5. The summed E-state index contributed by atoms with van der Waals surface area (Å²) >= 11 is -1.76. The van der Waals surface area contributed by atoms with Crippen LogP contribution >= 0.6 is 0 Å². The Bertz CT molecular complexity index is 716. The van der Waals surface area contributed by atoms with Crippen LogP contribution in [0.25, 0.3) is 0 Å². The summed E-state index contributed by atoms with van der Waals surface area (Å²) in [6, 6.07) is 2.86. The molecule has 0 bridgehead atoms. The topological polar surface area (TPSA) is 53.5 Å². The summed E-state index contributed by atoms with van der Waals surface area (Å²) < 4.78 is 68.7. The smallest absolute Gasteiger partial charge is 0.462 e. The van der Waals surface area contributed by atoms with E-state index in [2.05, 4.69) is 4.72 Å². The van der Waals surface area contributed by atoms with Crippen molar-refractivity contribution < 1.29 is 27.0 Å². The van der Waals surface area contributed by atoms with E-state index in [0.29, 0.717) is 0 Å². The molecule has 158 valence electrons. The predicted octanol–water partition coefficient (Wildman–Crippen LogP) is 4.60. The van der Waals surface area contributed by atoms with E-state index in [1.807, 2.05) is 27.7 Å². The van der Waals surface area contributed by atoms with Crippen molar-refractivity contribution in [3.63, 3.8) is 0 Å². The molecular weight excluding hydrogens is 390 g/mol. The van der Waals surface area contributed by atoms with E-state index in [1.54, 1.807) is 20.8 Å². The monoisotopic (exact) mass is 419 g/mol. The third-order valence-electron chi connectivity index (χ3n) is 5.07. The van der Waals surface area contributed by atoms with E-state index in [4.69, 9.17) is 9.31 Å². The second kappa shape index (κ2) is 7.50. The van der Waals surface area contributed by atoms with Gasteiger partial charge in [-0.15, -0.1) is 4.72 Å². The maximum Gasteiger partial charge on any atom is 0.462 e. The van der Waals surface area contributed by atoms with E-state index in [-0.39, 0.29) is 22.3 Å². The highest BCUT2D eigenvalue weighted by Crippen LogP contribution is 2.41. The average Bonchev–Trinajstić information content (AvgIpc) is 2.62. The van der Waals surface area contributed by atoms with Crippen molar-refractivity contribution in [1.29, 1.82) is 0 Å². The number of hydrogen-bond acceptors (Lipinski definition) is 4. The molecule has 1 N–H and O–H groups in total. The zero-order valence-corrected chi connectivity index (χ0v) is 18.5. The lowest BCUT2D eigenvalue weighted by molar-refractivity contribution is -0.138. The van der Waals surface area contributed by atoms with Gasteiger partial charge in [-0.25, -0.2) is 0 Å². The van der Waals surface area contributed by atoms with Gasteiger partial charge >= 0.3 is 13.3 Å². The molecular formula is C19H29BF3NO3S. The third-order valence-corrected chi connectivity index (χ3v) is 6.71. The summed E-state index contributed by atoms with van der Waals surface area (Å²) in [5.74, 6) is 0. The van der Waals surface area contributed by atoms with E-state index in [1.165, 1.54) is 19.1 Å². The van der Waals surface area contributed by atoms with Crippen molar-refractivity contribution in [3.8, 4) is 0 Å². The molecule has 0 saturated carbocycles. The molecule has 0 amide bonds. The summed E-state index contributed by atoms with van der Waals surface area (Å²) in [6.45, 7) is 14.2. The van der Waals surface area contributed by atoms with Gasteiger partial charge in [0.2, 0.25) is 0 Å². The Balaban J connectivity index is 2.40. The normalized spacial score (nSPS) is 20.5. The highest BCUT2D eigenvalue weighted by molar-refractivity contribution is 7.89. The molecule has 28 heavy (non-hydrogen) atoms. The summed E-state index contributed by atoms with van der Waals surface area (Å²) in [7, 11) is -0.783. The maximum absolute atomic E-state index is 13.9. The first-order valence-electron chi connectivity index (χ1n) is 9.19. The summed E-state index contributed by atoms with van der Waals surface area (Å²) in [5, 5.41) is 0.